The average Bonchev–Trinajstić information content (AvgIpc) is 2.94. The third-order valence-electron chi connectivity index (χ3n) is 5.26. The highest BCUT2D eigenvalue weighted by molar-refractivity contribution is 7.89. The first-order chi connectivity index (χ1) is 12.7. The fraction of sp³-hybridized carbons (Fsp3) is 0.333. The Morgan fingerprint density at radius 3 is 2.63 bits per heavy atom. The fourth-order valence-corrected chi connectivity index (χ4v) is 5.24. The molecule has 2 bridgehead atoms. The zero-order chi connectivity index (χ0) is 19.4. The van der Waals surface area contributed by atoms with Crippen molar-refractivity contribution >= 4 is 21.6 Å². The smallest absolute Gasteiger partial charge is 0.272 e. The van der Waals surface area contributed by atoms with E-state index in [0.29, 0.717) is 5.92 Å². The zero-order valence-corrected chi connectivity index (χ0v) is 15.3. The Morgan fingerprint density at radius 2 is 2.04 bits per heavy atom. The molecule has 9 heteroatoms. The van der Waals surface area contributed by atoms with Crippen LogP contribution in [0.2, 0.25) is 0 Å². The van der Waals surface area contributed by atoms with Gasteiger partial charge in [0.2, 0.25) is 10.0 Å². The van der Waals surface area contributed by atoms with Crippen LogP contribution in [0.3, 0.4) is 0 Å². The molecule has 1 aromatic carbocycles. The summed E-state index contributed by atoms with van der Waals surface area (Å²) >= 11 is 0. The Hall–Kier alpha value is -2.70. The number of nitrogens with one attached hydrogen (secondary N) is 2. The van der Waals surface area contributed by atoms with Crippen molar-refractivity contribution in [1.82, 2.24) is 9.29 Å². The van der Waals surface area contributed by atoms with Gasteiger partial charge < -0.3 is 9.88 Å². The lowest BCUT2D eigenvalue weighted by Gasteiger charge is -2.61. The van der Waals surface area contributed by atoms with E-state index in [1.807, 2.05) is 0 Å². The van der Waals surface area contributed by atoms with Gasteiger partial charge in [-0.05, 0) is 49.4 Å². The zero-order valence-electron chi connectivity index (χ0n) is 14.5. The quantitative estimate of drug-likeness (QED) is 0.819. The first-order valence-electron chi connectivity index (χ1n) is 8.43. The van der Waals surface area contributed by atoms with Crippen molar-refractivity contribution in [3.05, 3.63) is 47.5 Å². The van der Waals surface area contributed by atoms with Gasteiger partial charge in [-0.3, -0.25) is 4.79 Å². The number of hydrogen-bond acceptors (Lipinski definition) is 4. The van der Waals surface area contributed by atoms with Crippen molar-refractivity contribution in [3.8, 4) is 6.07 Å². The van der Waals surface area contributed by atoms with Crippen LogP contribution in [0.5, 0.6) is 0 Å². The van der Waals surface area contributed by atoms with E-state index in [0.717, 1.165) is 25.3 Å². The van der Waals surface area contributed by atoms with E-state index in [4.69, 9.17) is 5.26 Å². The van der Waals surface area contributed by atoms with E-state index in [-0.39, 0.29) is 27.4 Å². The number of rotatable bonds is 5. The maximum atomic E-state index is 13.4. The summed E-state index contributed by atoms with van der Waals surface area (Å²) in [7, 11) is -2.14. The van der Waals surface area contributed by atoms with Crippen LogP contribution in [0.25, 0.3) is 0 Å². The molecule has 3 saturated carbocycles. The molecule has 1 heterocycles. The Morgan fingerprint density at radius 1 is 1.33 bits per heavy atom. The summed E-state index contributed by atoms with van der Waals surface area (Å²) in [5.41, 5.74) is -0.110. The molecule has 3 aliphatic rings. The van der Waals surface area contributed by atoms with Gasteiger partial charge in [-0.1, -0.05) is 0 Å². The normalized spacial score (nSPS) is 23.1. The maximum Gasteiger partial charge on any atom is 0.272 e. The molecule has 0 atom stereocenters. The van der Waals surface area contributed by atoms with E-state index in [1.165, 1.54) is 29.0 Å². The predicted molar refractivity (Wildman–Crippen MR) is 94.9 cm³/mol. The molecule has 3 fully saturated rings. The van der Waals surface area contributed by atoms with Crippen LogP contribution in [0.4, 0.5) is 10.1 Å². The van der Waals surface area contributed by atoms with Crippen LogP contribution < -0.4 is 10.0 Å². The number of carbonyl (C=O) groups is 1. The highest BCUT2D eigenvalue weighted by Gasteiger charge is 2.58. The van der Waals surface area contributed by atoms with Crippen molar-refractivity contribution in [2.45, 2.75) is 29.7 Å². The molecule has 5 rings (SSSR count). The van der Waals surface area contributed by atoms with E-state index >= 15 is 0 Å². The molecule has 140 valence electrons. The van der Waals surface area contributed by atoms with Gasteiger partial charge in [-0.25, -0.2) is 17.5 Å². The first kappa shape index (κ1) is 17.7. The van der Waals surface area contributed by atoms with Gasteiger partial charge in [0.1, 0.15) is 22.5 Å². The van der Waals surface area contributed by atoms with Gasteiger partial charge in [0.15, 0.2) is 0 Å². The third-order valence-corrected chi connectivity index (χ3v) is 6.80. The Bertz CT molecular complexity index is 1080. The summed E-state index contributed by atoms with van der Waals surface area (Å²) in [5.74, 6) is -0.596. The molecule has 2 N–H and O–H groups in total. The van der Waals surface area contributed by atoms with Crippen molar-refractivity contribution in [1.29, 1.82) is 5.26 Å². The number of hydrogen-bond donors (Lipinski definition) is 2. The number of amides is 1. The molecule has 2 aromatic rings. The van der Waals surface area contributed by atoms with Gasteiger partial charge >= 0.3 is 0 Å². The highest BCUT2D eigenvalue weighted by Crippen LogP contribution is 2.57. The van der Waals surface area contributed by atoms with Crippen molar-refractivity contribution in [2.24, 2.45) is 13.0 Å². The Labute approximate surface area is 155 Å². The second-order valence-corrected chi connectivity index (χ2v) is 8.98. The molecule has 3 aliphatic carbocycles. The number of anilines is 1. The third kappa shape index (κ3) is 3.01. The number of carbonyl (C=O) groups excluding carboxylic acids is 1. The summed E-state index contributed by atoms with van der Waals surface area (Å²) < 4.78 is 42.8. The second kappa shape index (κ2) is 5.90. The lowest BCUT2D eigenvalue weighted by Crippen LogP contribution is -2.67. The summed E-state index contributed by atoms with van der Waals surface area (Å²) in [6, 6.07) is 6.64. The molecule has 0 aliphatic heterocycles. The summed E-state index contributed by atoms with van der Waals surface area (Å²) in [5, 5.41) is 11.4. The number of nitrogens with zero attached hydrogens (tertiary/aromatic N) is 2. The van der Waals surface area contributed by atoms with E-state index in [1.54, 1.807) is 13.1 Å². The molecular formula is C18H17FN4O3S. The largest absolute Gasteiger partial charge is 0.345 e. The summed E-state index contributed by atoms with van der Waals surface area (Å²) in [4.78, 5) is 12.5. The number of benzene rings is 1. The first-order valence-corrected chi connectivity index (χ1v) is 9.91. The monoisotopic (exact) mass is 388 g/mol. The summed E-state index contributed by atoms with van der Waals surface area (Å²) in [6.07, 6.45) is 4.00. The van der Waals surface area contributed by atoms with Crippen molar-refractivity contribution < 1.29 is 17.6 Å². The lowest BCUT2D eigenvalue weighted by molar-refractivity contribution is -0.0317. The molecule has 7 nitrogen and oxygen atoms in total. The molecule has 1 aromatic heterocycles. The molecule has 1 amide bonds. The van der Waals surface area contributed by atoms with Crippen LogP contribution in [-0.2, 0) is 17.1 Å². The molecule has 0 radical (unpaired) electrons. The number of nitriles is 1. The maximum absolute atomic E-state index is 13.4. The highest BCUT2D eigenvalue weighted by atomic mass is 32.2. The standard InChI is InChI=1S/C18H17FN4O3S/c1-23-10-14(27(25,26)22-18-6-11(7-18)8-18)5-16(23)17(24)21-13-2-3-15(19)12(4-13)9-20/h2-5,10-11,22H,6-8H2,1H3,(H,21,24). The molecular weight excluding hydrogens is 371 g/mol. The SMILES string of the molecule is Cn1cc(S(=O)(=O)NC23CC(C2)C3)cc1C(=O)Nc1ccc(F)c(C#N)c1. The van der Waals surface area contributed by atoms with Gasteiger partial charge in [0.05, 0.1) is 5.56 Å². The topological polar surface area (TPSA) is 104 Å². The second-order valence-electron chi connectivity index (χ2n) is 7.30. The van der Waals surface area contributed by atoms with Crippen molar-refractivity contribution in [2.75, 3.05) is 5.32 Å². The van der Waals surface area contributed by atoms with Gasteiger partial charge in [-0.15, -0.1) is 0 Å². The number of aryl methyl sites for hydroxylation is 1. The van der Waals surface area contributed by atoms with E-state index in [2.05, 4.69) is 10.0 Å². The van der Waals surface area contributed by atoms with Crippen LogP contribution in [0.15, 0.2) is 35.4 Å². The van der Waals surface area contributed by atoms with Crippen LogP contribution >= 0.6 is 0 Å². The van der Waals surface area contributed by atoms with Crippen LogP contribution in [-0.4, -0.2) is 24.4 Å². The molecule has 0 saturated heterocycles. The average molecular weight is 388 g/mol. The van der Waals surface area contributed by atoms with E-state index < -0.39 is 21.7 Å². The van der Waals surface area contributed by atoms with Gasteiger partial charge in [0, 0.05) is 24.5 Å². The van der Waals surface area contributed by atoms with Gasteiger partial charge in [0.25, 0.3) is 5.91 Å². The van der Waals surface area contributed by atoms with E-state index in [9.17, 15) is 17.6 Å². The van der Waals surface area contributed by atoms with Crippen molar-refractivity contribution in [3.63, 3.8) is 0 Å². The molecule has 0 unspecified atom stereocenters. The number of halogens is 1. The Kier molecular flexibility index (Phi) is 3.87. The van der Waals surface area contributed by atoms with Crippen LogP contribution in [0, 0.1) is 23.1 Å². The predicted octanol–water partition coefficient (Wildman–Crippen LogP) is 2.12. The number of aromatic nitrogens is 1. The molecule has 27 heavy (non-hydrogen) atoms. The minimum absolute atomic E-state index is 0.0247. The fourth-order valence-electron chi connectivity index (χ4n) is 3.74. The van der Waals surface area contributed by atoms with Crippen LogP contribution in [0.1, 0.15) is 35.3 Å². The summed E-state index contributed by atoms with van der Waals surface area (Å²) in [6.45, 7) is 0. The molecule has 0 spiro atoms. The minimum atomic E-state index is -3.71. The van der Waals surface area contributed by atoms with Gasteiger partial charge in [-0.2, -0.15) is 5.26 Å². The lowest BCUT2D eigenvalue weighted by atomic mass is 9.50. The Balaban J connectivity index is 1.54. The number of sulfonamides is 1. The minimum Gasteiger partial charge on any atom is -0.345 e.